The van der Waals surface area contributed by atoms with Gasteiger partial charge in [-0.3, -0.25) is 0 Å². The van der Waals surface area contributed by atoms with Crippen LogP contribution >= 0.6 is 0 Å². The van der Waals surface area contributed by atoms with Gasteiger partial charge in [-0.05, 0) is 88.7 Å². The van der Waals surface area contributed by atoms with Crippen LogP contribution in [0.1, 0.15) is 78.5 Å². The van der Waals surface area contributed by atoms with Crippen LogP contribution in [0.4, 0.5) is 11.4 Å². The van der Waals surface area contributed by atoms with Gasteiger partial charge in [-0.2, -0.15) is 0 Å². The number of rotatable bonds is 6. The van der Waals surface area contributed by atoms with E-state index >= 15 is 0 Å². The molecular formula is C35H37N. The third kappa shape index (κ3) is 4.07. The molecule has 0 saturated carbocycles. The summed E-state index contributed by atoms with van der Waals surface area (Å²) >= 11 is 0. The van der Waals surface area contributed by atoms with Crippen molar-refractivity contribution in [2.75, 3.05) is 4.90 Å². The van der Waals surface area contributed by atoms with E-state index in [0.717, 1.165) is 12.1 Å². The molecule has 0 atom stereocenters. The van der Waals surface area contributed by atoms with E-state index in [1.165, 1.54) is 61.4 Å². The van der Waals surface area contributed by atoms with E-state index in [9.17, 15) is 0 Å². The fraction of sp³-hybridized carbons (Fsp3) is 0.257. The first-order valence-electron chi connectivity index (χ1n) is 13.2. The van der Waals surface area contributed by atoms with Crippen molar-refractivity contribution in [3.8, 4) is 11.1 Å². The maximum Gasteiger partial charge on any atom is 0.0530 e. The number of anilines is 2. The number of aryl methyl sites for hydroxylation is 2. The summed E-state index contributed by atoms with van der Waals surface area (Å²) in [6.07, 6.45) is 1.01. The molecule has 4 aromatic rings. The number of hydrogen-bond donors (Lipinski definition) is 0. The molecule has 0 bridgehead atoms. The van der Waals surface area contributed by atoms with Crippen molar-refractivity contribution < 1.29 is 0 Å². The van der Waals surface area contributed by atoms with Crippen LogP contribution in [0.5, 0.6) is 0 Å². The van der Waals surface area contributed by atoms with Crippen LogP contribution in [0.3, 0.4) is 0 Å². The standard InChI is InChI=1S/C35H37N/c1-22(2)29-16-12-17-30(23(3)4)35(29)36(34-18-11-8-13-24(34)5)26(7)32-21-33-28(19-25(32)6)20-27-14-9-10-15-31(27)33/h8-19,21-23H,7,20H2,1-6H3. The van der Waals surface area contributed by atoms with Gasteiger partial charge in [-0.1, -0.05) is 101 Å². The van der Waals surface area contributed by atoms with Crippen LogP contribution in [0.25, 0.3) is 16.8 Å². The Morgan fingerprint density at radius 2 is 1.33 bits per heavy atom. The Balaban J connectivity index is 1.76. The number of para-hydroxylation sites is 2. The zero-order valence-electron chi connectivity index (χ0n) is 22.5. The summed E-state index contributed by atoms with van der Waals surface area (Å²) in [6, 6.07) is 29.1. The van der Waals surface area contributed by atoms with Crippen molar-refractivity contribution in [1.29, 1.82) is 0 Å². The third-order valence-corrected chi connectivity index (χ3v) is 7.64. The molecule has 0 fully saturated rings. The van der Waals surface area contributed by atoms with Crippen LogP contribution in [0, 0.1) is 13.8 Å². The minimum atomic E-state index is 0.394. The Bertz CT molecular complexity index is 1430. The van der Waals surface area contributed by atoms with Gasteiger partial charge in [0.25, 0.3) is 0 Å². The molecule has 0 aromatic heterocycles. The van der Waals surface area contributed by atoms with E-state index in [2.05, 4.69) is 125 Å². The van der Waals surface area contributed by atoms with Crippen molar-refractivity contribution in [2.45, 2.75) is 59.8 Å². The maximum absolute atomic E-state index is 4.79. The van der Waals surface area contributed by atoms with Crippen molar-refractivity contribution in [3.63, 3.8) is 0 Å². The first-order chi connectivity index (χ1) is 17.3. The van der Waals surface area contributed by atoms with Gasteiger partial charge in [-0.25, -0.2) is 0 Å². The Labute approximate surface area is 217 Å². The molecule has 0 saturated heterocycles. The van der Waals surface area contributed by atoms with Crippen molar-refractivity contribution >= 4 is 17.1 Å². The minimum absolute atomic E-state index is 0.394. The Hall–Kier alpha value is -3.58. The molecule has 0 amide bonds. The van der Waals surface area contributed by atoms with Crippen LogP contribution < -0.4 is 4.90 Å². The lowest BCUT2D eigenvalue weighted by molar-refractivity contribution is 0.831. The van der Waals surface area contributed by atoms with Gasteiger partial charge in [-0.15, -0.1) is 0 Å². The fourth-order valence-corrected chi connectivity index (χ4v) is 5.72. The highest BCUT2D eigenvalue weighted by Crippen LogP contribution is 2.46. The molecule has 1 heteroatoms. The Morgan fingerprint density at radius 3 is 2.00 bits per heavy atom. The normalized spacial score (nSPS) is 12.1. The monoisotopic (exact) mass is 471 g/mol. The summed E-state index contributed by atoms with van der Waals surface area (Å²) in [4.78, 5) is 2.44. The Kier molecular flexibility index (Phi) is 6.35. The van der Waals surface area contributed by atoms with Gasteiger partial charge in [0.05, 0.1) is 5.69 Å². The second-order valence-electron chi connectivity index (χ2n) is 10.8. The largest absolute Gasteiger partial charge is 0.310 e. The molecule has 1 nitrogen and oxygen atoms in total. The zero-order valence-corrected chi connectivity index (χ0v) is 22.5. The summed E-state index contributed by atoms with van der Waals surface area (Å²) in [5.74, 6) is 0.789. The molecule has 0 unspecified atom stereocenters. The van der Waals surface area contributed by atoms with Crippen LogP contribution in [0.15, 0.2) is 85.4 Å². The molecule has 4 aromatic carbocycles. The van der Waals surface area contributed by atoms with E-state index in [4.69, 9.17) is 6.58 Å². The highest BCUT2D eigenvalue weighted by Gasteiger charge is 2.27. The quantitative estimate of drug-likeness (QED) is 0.238. The van der Waals surface area contributed by atoms with Crippen LogP contribution in [-0.4, -0.2) is 0 Å². The fourth-order valence-electron chi connectivity index (χ4n) is 5.72. The average molecular weight is 472 g/mol. The van der Waals surface area contributed by atoms with Gasteiger partial charge >= 0.3 is 0 Å². The SMILES string of the molecule is C=C(c1cc2c(cc1C)Cc1ccccc1-2)N(c1ccccc1C)c1c(C(C)C)cccc1C(C)C. The number of hydrogen-bond acceptors (Lipinski definition) is 1. The van der Waals surface area contributed by atoms with Crippen LogP contribution in [-0.2, 0) is 6.42 Å². The zero-order chi connectivity index (χ0) is 25.6. The van der Waals surface area contributed by atoms with E-state index in [1.54, 1.807) is 0 Å². The van der Waals surface area contributed by atoms with Crippen molar-refractivity contribution in [3.05, 3.63) is 124 Å². The van der Waals surface area contributed by atoms with E-state index < -0.39 is 0 Å². The molecular weight excluding hydrogens is 434 g/mol. The molecule has 0 radical (unpaired) electrons. The lowest BCUT2D eigenvalue weighted by Crippen LogP contribution is -2.20. The summed E-state index contributed by atoms with van der Waals surface area (Å²) in [5, 5.41) is 0. The highest BCUT2D eigenvalue weighted by molar-refractivity contribution is 5.93. The first kappa shape index (κ1) is 24.1. The topological polar surface area (TPSA) is 3.24 Å². The van der Waals surface area contributed by atoms with Crippen molar-refractivity contribution in [2.24, 2.45) is 0 Å². The number of fused-ring (bicyclic) bond motifs is 3. The summed E-state index contributed by atoms with van der Waals surface area (Å²) < 4.78 is 0. The van der Waals surface area contributed by atoms with E-state index in [1.807, 2.05) is 0 Å². The minimum Gasteiger partial charge on any atom is -0.310 e. The lowest BCUT2D eigenvalue weighted by atomic mass is 9.90. The third-order valence-electron chi connectivity index (χ3n) is 7.64. The summed E-state index contributed by atoms with van der Waals surface area (Å²) in [6.45, 7) is 18.4. The average Bonchev–Trinajstić information content (AvgIpc) is 3.21. The van der Waals surface area contributed by atoms with Gasteiger partial charge in [0.15, 0.2) is 0 Å². The second-order valence-corrected chi connectivity index (χ2v) is 10.8. The van der Waals surface area contributed by atoms with Crippen molar-refractivity contribution in [1.82, 2.24) is 0 Å². The van der Waals surface area contributed by atoms with E-state index in [-0.39, 0.29) is 0 Å². The summed E-state index contributed by atoms with van der Waals surface area (Å²) in [5.41, 5.74) is 15.5. The highest BCUT2D eigenvalue weighted by atomic mass is 15.2. The smallest absolute Gasteiger partial charge is 0.0530 e. The lowest BCUT2D eigenvalue weighted by Gasteiger charge is -2.35. The van der Waals surface area contributed by atoms with Crippen LogP contribution in [0.2, 0.25) is 0 Å². The molecule has 5 rings (SSSR count). The van der Waals surface area contributed by atoms with Gasteiger partial charge in [0.2, 0.25) is 0 Å². The summed E-state index contributed by atoms with van der Waals surface area (Å²) in [7, 11) is 0. The molecule has 1 aliphatic carbocycles. The molecule has 36 heavy (non-hydrogen) atoms. The molecule has 0 heterocycles. The second kappa shape index (κ2) is 9.47. The maximum atomic E-state index is 4.79. The van der Waals surface area contributed by atoms with Gasteiger partial charge in [0, 0.05) is 16.9 Å². The Morgan fingerprint density at radius 1 is 0.694 bits per heavy atom. The molecule has 0 aliphatic heterocycles. The van der Waals surface area contributed by atoms with Gasteiger partial charge in [0.1, 0.15) is 0 Å². The van der Waals surface area contributed by atoms with E-state index in [0.29, 0.717) is 11.8 Å². The predicted molar refractivity (Wildman–Crippen MR) is 156 cm³/mol. The predicted octanol–water partition coefficient (Wildman–Crippen LogP) is 9.93. The molecule has 182 valence electrons. The van der Waals surface area contributed by atoms with Gasteiger partial charge < -0.3 is 4.90 Å². The molecule has 0 N–H and O–H groups in total. The number of nitrogens with zero attached hydrogens (tertiary/aromatic N) is 1. The first-order valence-corrected chi connectivity index (χ1v) is 13.2. The molecule has 1 aliphatic rings. The number of benzene rings is 4. The molecule has 0 spiro atoms.